The van der Waals surface area contributed by atoms with Gasteiger partial charge in [-0.25, -0.2) is 13.2 Å². The van der Waals surface area contributed by atoms with Gasteiger partial charge in [0.15, 0.2) is 0 Å². The molecule has 2 unspecified atom stereocenters. The minimum Gasteiger partial charge on any atom is -0.480 e. The zero-order chi connectivity index (χ0) is 13.6. The zero-order valence-corrected chi connectivity index (χ0v) is 12.0. The minimum atomic E-state index is -3.23. The van der Waals surface area contributed by atoms with Crippen LogP contribution in [0.4, 0.5) is 0 Å². The molecule has 2 atom stereocenters. The van der Waals surface area contributed by atoms with Gasteiger partial charge in [0.1, 0.15) is 15.9 Å². The highest BCUT2D eigenvalue weighted by Crippen LogP contribution is 2.02. The van der Waals surface area contributed by atoms with Crippen molar-refractivity contribution in [2.45, 2.75) is 31.1 Å². The van der Waals surface area contributed by atoms with E-state index in [0.717, 1.165) is 0 Å². The largest absolute Gasteiger partial charge is 0.480 e. The summed E-state index contributed by atoms with van der Waals surface area (Å²) in [4.78, 5) is 21.6. The molecule has 17 heavy (non-hydrogen) atoms. The molecule has 0 radical (unpaired) electrons. The van der Waals surface area contributed by atoms with Gasteiger partial charge >= 0.3 is 5.97 Å². The second kappa shape index (κ2) is 6.95. The number of amides is 1. The van der Waals surface area contributed by atoms with Crippen molar-refractivity contribution in [3.63, 3.8) is 0 Å². The van der Waals surface area contributed by atoms with Gasteiger partial charge in [-0.2, -0.15) is 0 Å². The van der Waals surface area contributed by atoms with Crippen molar-refractivity contribution < 1.29 is 23.1 Å². The molecule has 0 saturated carbocycles. The molecule has 0 aliphatic heterocycles. The summed E-state index contributed by atoms with van der Waals surface area (Å²) in [5, 5.41) is 11.1. The van der Waals surface area contributed by atoms with E-state index in [1.54, 1.807) is 6.92 Å². The summed E-state index contributed by atoms with van der Waals surface area (Å²) in [7, 11) is -3.23. The molecule has 0 aromatic rings. The zero-order valence-electron chi connectivity index (χ0n) is 9.64. The molecule has 100 valence electrons. The molecule has 8 heteroatoms. The van der Waals surface area contributed by atoms with Gasteiger partial charge in [-0.05, 0) is 13.3 Å². The van der Waals surface area contributed by atoms with Gasteiger partial charge in [-0.1, -0.05) is 22.9 Å². The Balaban J connectivity index is 4.47. The molecule has 0 aromatic heterocycles. The topological polar surface area (TPSA) is 101 Å². The van der Waals surface area contributed by atoms with Crippen molar-refractivity contribution in [1.82, 2.24) is 5.32 Å². The fourth-order valence-electron chi connectivity index (χ4n) is 0.986. The average molecular weight is 330 g/mol. The Kier molecular flexibility index (Phi) is 6.69. The van der Waals surface area contributed by atoms with Crippen molar-refractivity contribution >= 4 is 37.6 Å². The Bertz CT molecular complexity index is 379. The van der Waals surface area contributed by atoms with Crippen LogP contribution in [-0.2, 0) is 19.4 Å². The van der Waals surface area contributed by atoms with E-state index in [0.29, 0.717) is 0 Å². The van der Waals surface area contributed by atoms with Crippen LogP contribution in [0.15, 0.2) is 0 Å². The molecule has 0 fully saturated rings. The lowest BCUT2D eigenvalue weighted by molar-refractivity contribution is -0.141. The van der Waals surface area contributed by atoms with Crippen LogP contribution in [0.25, 0.3) is 0 Å². The van der Waals surface area contributed by atoms with Crippen LogP contribution in [0.2, 0.25) is 0 Å². The molecule has 0 heterocycles. The summed E-state index contributed by atoms with van der Waals surface area (Å²) < 4.78 is 22.5. The Labute approximate surface area is 109 Å². The number of carboxylic acids is 1. The third-order valence-electron chi connectivity index (χ3n) is 2.13. The second-order valence-electron chi connectivity index (χ2n) is 3.54. The lowest BCUT2D eigenvalue weighted by Crippen LogP contribution is -2.44. The average Bonchev–Trinajstić information content (AvgIpc) is 2.23. The molecular weight excluding hydrogens is 314 g/mol. The number of sulfone groups is 1. The summed E-state index contributed by atoms with van der Waals surface area (Å²) in [6.45, 7) is 3.04. The first-order valence-corrected chi connectivity index (χ1v) is 7.81. The number of aliphatic carboxylic acids is 1. The van der Waals surface area contributed by atoms with Gasteiger partial charge in [-0.15, -0.1) is 0 Å². The molecular formula is C9H16BrNO5S. The first kappa shape index (κ1) is 16.4. The number of carbonyl (C=O) groups is 2. The van der Waals surface area contributed by atoms with Crippen LogP contribution in [0.5, 0.6) is 0 Å². The highest BCUT2D eigenvalue weighted by Gasteiger charge is 2.23. The number of halogens is 1. The number of carbonyl (C=O) groups excluding carboxylic acids is 1. The third-order valence-corrected chi connectivity index (χ3v) is 4.29. The Morgan fingerprint density at radius 2 is 1.94 bits per heavy atom. The lowest BCUT2D eigenvalue weighted by Gasteiger charge is -2.15. The number of alkyl halides is 1. The highest BCUT2D eigenvalue weighted by atomic mass is 79.9. The first-order chi connectivity index (χ1) is 7.69. The molecule has 0 rings (SSSR count). The van der Waals surface area contributed by atoms with Gasteiger partial charge in [-0.3, -0.25) is 4.79 Å². The Morgan fingerprint density at radius 3 is 2.29 bits per heavy atom. The number of rotatable bonds is 7. The standard InChI is InChI=1S/C9H16BrNO5S/c1-3-17(15,16)5-4-7(9(13)14)11-8(12)6(2)10/h6-7H,3-5H2,1-2H3,(H,11,12)(H,13,14). The SMILES string of the molecule is CCS(=O)(=O)CCC(NC(=O)C(C)Br)C(=O)O. The minimum absolute atomic E-state index is 0.0396. The van der Waals surface area contributed by atoms with Gasteiger partial charge in [0, 0.05) is 5.75 Å². The predicted molar refractivity (Wildman–Crippen MR) is 66.9 cm³/mol. The van der Waals surface area contributed by atoms with E-state index in [1.165, 1.54) is 6.92 Å². The van der Waals surface area contributed by atoms with E-state index in [-0.39, 0.29) is 17.9 Å². The normalized spacial score (nSPS) is 15.0. The predicted octanol–water partition coefficient (Wildman–Crippen LogP) is 0.164. The number of hydrogen-bond acceptors (Lipinski definition) is 4. The van der Waals surface area contributed by atoms with E-state index in [1.807, 2.05) is 0 Å². The quantitative estimate of drug-likeness (QED) is 0.648. The van der Waals surface area contributed by atoms with Gasteiger partial charge in [0.2, 0.25) is 5.91 Å². The highest BCUT2D eigenvalue weighted by molar-refractivity contribution is 9.10. The molecule has 0 spiro atoms. The Morgan fingerprint density at radius 1 is 1.41 bits per heavy atom. The van der Waals surface area contributed by atoms with Crippen molar-refractivity contribution in [3.05, 3.63) is 0 Å². The smallest absolute Gasteiger partial charge is 0.326 e. The monoisotopic (exact) mass is 329 g/mol. The van der Waals surface area contributed by atoms with Gasteiger partial charge in [0.25, 0.3) is 0 Å². The second-order valence-corrected chi connectivity index (χ2v) is 7.39. The number of carboxylic acid groups (broad SMARTS) is 1. The molecule has 6 nitrogen and oxygen atoms in total. The van der Waals surface area contributed by atoms with Crippen molar-refractivity contribution in [2.75, 3.05) is 11.5 Å². The summed E-state index contributed by atoms with van der Waals surface area (Å²) in [6, 6.07) is -1.18. The van der Waals surface area contributed by atoms with Crippen LogP contribution in [0.1, 0.15) is 20.3 Å². The van der Waals surface area contributed by atoms with E-state index < -0.39 is 32.6 Å². The van der Waals surface area contributed by atoms with Gasteiger partial charge < -0.3 is 10.4 Å². The molecule has 0 saturated heterocycles. The number of nitrogens with one attached hydrogen (secondary N) is 1. The van der Waals surface area contributed by atoms with E-state index in [4.69, 9.17) is 5.11 Å². The maximum Gasteiger partial charge on any atom is 0.326 e. The van der Waals surface area contributed by atoms with Crippen molar-refractivity contribution in [1.29, 1.82) is 0 Å². The molecule has 0 bridgehead atoms. The molecule has 0 aromatic carbocycles. The van der Waals surface area contributed by atoms with Crippen molar-refractivity contribution in [2.24, 2.45) is 0 Å². The third kappa shape index (κ3) is 6.62. The molecule has 0 aliphatic carbocycles. The van der Waals surface area contributed by atoms with E-state index in [9.17, 15) is 18.0 Å². The van der Waals surface area contributed by atoms with Crippen LogP contribution in [-0.4, -0.2) is 47.8 Å². The van der Waals surface area contributed by atoms with Gasteiger partial charge in [0.05, 0.1) is 10.6 Å². The molecule has 1 amide bonds. The summed E-state index contributed by atoms with van der Waals surface area (Å²) in [5.41, 5.74) is 0. The fourth-order valence-corrected chi connectivity index (χ4v) is 2.00. The van der Waals surface area contributed by atoms with E-state index >= 15 is 0 Å². The summed E-state index contributed by atoms with van der Waals surface area (Å²) >= 11 is 3.00. The van der Waals surface area contributed by atoms with Crippen molar-refractivity contribution in [3.8, 4) is 0 Å². The number of hydrogen-bond donors (Lipinski definition) is 2. The first-order valence-electron chi connectivity index (χ1n) is 5.07. The Hall–Kier alpha value is -0.630. The summed E-state index contributed by atoms with van der Waals surface area (Å²) in [6.07, 6.45) is -0.128. The molecule has 0 aliphatic rings. The maximum absolute atomic E-state index is 11.3. The van der Waals surface area contributed by atoms with E-state index in [2.05, 4.69) is 21.2 Å². The summed E-state index contributed by atoms with van der Waals surface area (Å²) in [5.74, 6) is -2.01. The fraction of sp³-hybridized carbons (Fsp3) is 0.778. The van der Waals surface area contributed by atoms with Crippen LogP contribution in [0.3, 0.4) is 0 Å². The maximum atomic E-state index is 11.3. The lowest BCUT2D eigenvalue weighted by atomic mass is 10.2. The van der Waals surface area contributed by atoms with Crippen LogP contribution >= 0.6 is 15.9 Å². The molecule has 2 N–H and O–H groups in total. The van der Waals surface area contributed by atoms with Crippen LogP contribution in [0, 0.1) is 0 Å². The van der Waals surface area contributed by atoms with Crippen LogP contribution < -0.4 is 5.32 Å².